The molecule has 0 aliphatic carbocycles. The van der Waals surface area contributed by atoms with Gasteiger partial charge in [0.05, 0.1) is 11.4 Å². The third-order valence-corrected chi connectivity index (χ3v) is 2.36. The molecule has 2 aliphatic rings. The first-order valence-electron chi connectivity index (χ1n) is 4.07. The van der Waals surface area contributed by atoms with Crippen LogP contribution in [0.2, 0.25) is 0 Å². The summed E-state index contributed by atoms with van der Waals surface area (Å²) >= 11 is 0. The average Bonchev–Trinajstić information content (AvgIpc) is 2.48. The van der Waals surface area contributed by atoms with E-state index < -0.39 is 12.0 Å². The minimum atomic E-state index is -0.795. The van der Waals surface area contributed by atoms with Crippen molar-refractivity contribution in [3.05, 3.63) is 11.4 Å². The van der Waals surface area contributed by atoms with Crippen LogP contribution in [-0.4, -0.2) is 41.9 Å². The number of aliphatic imine (C=N–C) groups is 1. The van der Waals surface area contributed by atoms with E-state index in [1.54, 1.807) is 11.9 Å². The molecule has 1 unspecified atom stereocenters. The van der Waals surface area contributed by atoms with Crippen LogP contribution in [0.5, 0.6) is 0 Å². The highest BCUT2D eigenvalue weighted by molar-refractivity contribution is 5.75. The summed E-state index contributed by atoms with van der Waals surface area (Å²) in [4.78, 5) is 16.6. The first kappa shape index (κ1) is 8.25. The van der Waals surface area contributed by atoms with Gasteiger partial charge in [-0.05, 0) is 7.05 Å². The number of hydrogen-bond acceptors (Lipinski definition) is 3. The number of carbonyl (C=O) groups is 1. The molecule has 0 bridgehead atoms. The fourth-order valence-electron chi connectivity index (χ4n) is 1.58. The van der Waals surface area contributed by atoms with Gasteiger partial charge in [-0.1, -0.05) is 0 Å². The van der Waals surface area contributed by atoms with E-state index in [-0.39, 0.29) is 0 Å². The van der Waals surface area contributed by atoms with Crippen LogP contribution in [-0.2, 0) is 4.79 Å². The van der Waals surface area contributed by atoms with Crippen molar-refractivity contribution < 1.29 is 9.90 Å². The molecule has 5 nitrogen and oxygen atoms in total. The van der Waals surface area contributed by atoms with Crippen molar-refractivity contribution in [2.75, 3.05) is 13.6 Å². The van der Waals surface area contributed by atoms with Gasteiger partial charge in [0.2, 0.25) is 0 Å². The summed E-state index contributed by atoms with van der Waals surface area (Å²) in [7, 11) is 1.79. The standard InChI is InChI=1S/C8H10N3O2/c1-11-3-6-5(9-4-10-6)2-7(11)8(12)13/h4,7H,2-3H2,1H3,(H,12,13). The fraction of sp³-hybridized carbons (Fsp3) is 0.500. The molecule has 0 spiro atoms. The number of carboxylic acids is 1. The van der Waals surface area contributed by atoms with Crippen LogP contribution < -0.4 is 5.32 Å². The summed E-state index contributed by atoms with van der Waals surface area (Å²) in [5.74, 6) is -0.795. The zero-order chi connectivity index (χ0) is 9.42. The minimum Gasteiger partial charge on any atom is -0.480 e. The minimum absolute atomic E-state index is 0.454. The van der Waals surface area contributed by atoms with E-state index in [0.29, 0.717) is 13.0 Å². The van der Waals surface area contributed by atoms with E-state index >= 15 is 0 Å². The second-order valence-corrected chi connectivity index (χ2v) is 3.24. The molecule has 0 saturated heterocycles. The van der Waals surface area contributed by atoms with Crippen molar-refractivity contribution in [2.45, 2.75) is 12.5 Å². The maximum atomic E-state index is 10.8. The Bertz CT molecular complexity index is 309. The Labute approximate surface area is 75.8 Å². The molecule has 1 radical (unpaired) electrons. The molecule has 2 heterocycles. The Morgan fingerprint density at radius 3 is 3.15 bits per heavy atom. The molecule has 2 aliphatic heterocycles. The first-order chi connectivity index (χ1) is 6.18. The number of rotatable bonds is 1. The topological polar surface area (TPSA) is 67.0 Å². The Morgan fingerprint density at radius 1 is 1.69 bits per heavy atom. The maximum absolute atomic E-state index is 10.8. The molecule has 1 N–H and O–H groups in total. The monoisotopic (exact) mass is 180 g/mol. The van der Waals surface area contributed by atoms with Crippen LogP contribution in [0.3, 0.4) is 0 Å². The molecular weight excluding hydrogens is 170 g/mol. The van der Waals surface area contributed by atoms with E-state index in [4.69, 9.17) is 5.11 Å². The lowest BCUT2D eigenvalue weighted by atomic mass is 10.0. The largest absolute Gasteiger partial charge is 0.480 e. The second-order valence-electron chi connectivity index (χ2n) is 3.24. The molecular formula is C8H10N3O2. The van der Waals surface area contributed by atoms with Gasteiger partial charge in [0.1, 0.15) is 12.4 Å². The first-order valence-corrected chi connectivity index (χ1v) is 4.07. The Balaban J connectivity index is 2.19. The number of nitrogens with zero attached hydrogens (tertiary/aromatic N) is 3. The Hall–Kier alpha value is -1.36. The van der Waals surface area contributed by atoms with Crippen molar-refractivity contribution in [1.82, 2.24) is 10.2 Å². The van der Waals surface area contributed by atoms with E-state index in [9.17, 15) is 4.79 Å². The lowest BCUT2D eigenvalue weighted by Crippen LogP contribution is -2.43. The molecule has 2 rings (SSSR count). The summed E-state index contributed by atoms with van der Waals surface area (Å²) in [6, 6.07) is -0.454. The van der Waals surface area contributed by atoms with Crippen LogP contribution in [0.25, 0.3) is 0 Å². The van der Waals surface area contributed by atoms with Gasteiger partial charge in [0.15, 0.2) is 0 Å². The van der Waals surface area contributed by atoms with Crippen LogP contribution in [0.4, 0.5) is 0 Å². The SMILES string of the molecule is CN1CC2=C(CC1C(=O)O)[N]C=N2. The predicted molar refractivity (Wildman–Crippen MR) is 46.3 cm³/mol. The second kappa shape index (κ2) is 2.85. The van der Waals surface area contributed by atoms with E-state index in [0.717, 1.165) is 11.4 Å². The van der Waals surface area contributed by atoms with Gasteiger partial charge in [0, 0.05) is 13.0 Å². The zero-order valence-corrected chi connectivity index (χ0v) is 7.27. The molecule has 5 heteroatoms. The van der Waals surface area contributed by atoms with E-state index in [1.807, 2.05) is 0 Å². The molecule has 1 atom stereocenters. The average molecular weight is 180 g/mol. The summed E-state index contributed by atoms with van der Waals surface area (Å²) in [5, 5.41) is 12.9. The van der Waals surface area contributed by atoms with Crippen LogP contribution >= 0.6 is 0 Å². The van der Waals surface area contributed by atoms with Gasteiger partial charge >= 0.3 is 5.97 Å². The number of likely N-dealkylation sites (N-methyl/N-ethyl adjacent to an activating group) is 1. The zero-order valence-electron chi connectivity index (χ0n) is 7.27. The van der Waals surface area contributed by atoms with Crippen molar-refractivity contribution in [3.8, 4) is 0 Å². The van der Waals surface area contributed by atoms with Crippen molar-refractivity contribution in [3.63, 3.8) is 0 Å². The molecule has 69 valence electrons. The van der Waals surface area contributed by atoms with Crippen molar-refractivity contribution in [2.24, 2.45) is 4.99 Å². The summed E-state index contributed by atoms with van der Waals surface area (Å²) in [6.07, 6.45) is 1.95. The Kier molecular flexibility index (Phi) is 1.81. The molecule has 0 fully saturated rings. The highest BCUT2D eigenvalue weighted by Gasteiger charge is 2.32. The van der Waals surface area contributed by atoms with Gasteiger partial charge in [-0.3, -0.25) is 9.69 Å². The van der Waals surface area contributed by atoms with Gasteiger partial charge in [-0.15, -0.1) is 0 Å². The molecule has 0 aromatic carbocycles. The number of carboxylic acid groups (broad SMARTS) is 1. The summed E-state index contributed by atoms with van der Waals surface area (Å²) < 4.78 is 0. The molecule has 0 saturated carbocycles. The summed E-state index contributed by atoms with van der Waals surface area (Å²) in [6.45, 7) is 0.576. The van der Waals surface area contributed by atoms with Crippen molar-refractivity contribution >= 4 is 12.3 Å². The van der Waals surface area contributed by atoms with Gasteiger partial charge in [0.25, 0.3) is 0 Å². The molecule has 0 aromatic heterocycles. The highest BCUT2D eigenvalue weighted by atomic mass is 16.4. The molecule has 0 amide bonds. The predicted octanol–water partition coefficient (Wildman–Crippen LogP) is -0.367. The lowest BCUT2D eigenvalue weighted by molar-refractivity contribution is -0.142. The van der Waals surface area contributed by atoms with E-state index in [2.05, 4.69) is 10.3 Å². The normalized spacial score (nSPS) is 27.3. The van der Waals surface area contributed by atoms with Gasteiger partial charge < -0.3 is 5.11 Å². The summed E-state index contributed by atoms with van der Waals surface area (Å²) in [5.41, 5.74) is 1.73. The fourth-order valence-corrected chi connectivity index (χ4v) is 1.58. The van der Waals surface area contributed by atoms with Crippen LogP contribution in [0.1, 0.15) is 6.42 Å². The smallest absolute Gasteiger partial charge is 0.321 e. The third-order valence-electron chi connectivity index (χ3n) is 2.36. The maximum Gasteiger partial charge on any atom is 0.321 e. The number of aliphatic carboxylic acids is 1. The molecule has 0 aromatic rings. The van der Waals surface area contributed by atoms with E-state index in [1.165, 1.54) is 6.34 Å². The van der Waals surface area contributed by atoms with Gasteiger partial charge in [-0.25, -0.2) is 10.3 Å². The highest BCUT2D eigenvalue weighted by Crippen LogP contribution is 2.23. The lowest BCUT2D eigenvalue weighted by Gasteiger charge is -2.28. The van der Waals surface area contributed by atoms with Crippen molar-refractivity contribution in [1.29, 1.82) is 0 Å². The third kappa shape index (κ3) is 1.31. The quantitative estimate of drug-likeness (QED) is 0.598. The van der Waals surface area contributed by atoms with Crippen LogP contribution in [0, 0.1) is 0 Å². The Morgan fingerprint density at radius 2 is 2.46 bits per heavy atom. The molecule has 13 heavy (non-hydrogen) atoms. The number of hydrogen-bond donors (Lipinski definition) is 1. The van der Waals surface area contributed by atoms with Gasteiger partial charge in [-0.2, -0.15) is 0 Å². The van der Waals surface area contributed by atoms with Crippen LogP contribution in [0.15, 0.2) is 16.4 Å².